The Balaban J connectivity index is 2.39. The summed E-state index contributed by atoms with van der Waals surface area (Å²) in [6, 6.07) is 5.07. The number of fused-ring (bicyclic) bond motifs is 3. The van der Waals surface area contributed by atoms with Gasteiger partial charge in [-0.25, -0.2) is 9.36 Å². The fourth-order valence-corrected chi connectivity index (χ4v) is 3.14. The number of carbonyl (C=O) groups is 1. The number of nitrogens with zero attached hydrogens (tertiary/aromatic N) is 2. The predicted molar refractivity (Wildman–Crippen MR) is 101 cm³/mol. The second-order valence-corrected chi connectivity index (χ2v) is 7.26. The maximum atomic E-state index is 12.9. The molecule has 0 spiro atoms. The molecule has 0 atom stereocenters. The van der Waals surface area contributed by atoms with Crippen molar-refractivity contribution in [3.63, 3.8) is 0 Å². The van der Waals surface area contributed by atoms with E-state index in [1.165, 1.54) is 17.7 Å². The molecule has 0 unspecified atom stereocenters. The van der Waals surface area contributed by atoms with Gasteiger partial charge in [-0.05, 0) is 39.3 Å². The molecule has 3 aromatic rings. The fraction of sp³-hybridized carbons (Fsp3) is 0.400. The molecule has 0 amide bonds. The van der Waals surface area contributed by atoms with Crippen molar-refractivity contribution in [1.82, 2.24) is 9.55 Å². The van der Waals surface area contributed by atoms with Gasteiger partial charge in [0.2, 0.25) is 0 Å². The number of ether oxygens (including phenoxy) is 2. The molecule has 3 rings (SSSR count). The van der Waals surface area contributed by atoms with Crippen LogP contribution in [0.3, 0.4) is 0 Å². The summed E-state index contributed by atoms with van der Waals surface area (Å²) in [6.45, 7) is 7.55. The number of aromatic hydroxyl groups is 1. The Bertz CT molecular complexity index is 983. The van der Waals surface area contributed by atoms with Gasteiger partial charge < -0.3 is 14.6 Å². The minimum atomic E-state index is -0.631. The normalized spacial score (nSPS) is 11.9. The lowest BCUT2D eigenvalue weighted by Gasteiger charge is -2.20. The number of phenols is 1. The molecule has 26 heavy (non-hydrogen) atoms. The van der Waals surface area contributed by atoms with E-state index in [9.17, 15) is 9.90 Å². The molecule has 138 valence electrons. The molecule has 6 nitrogen and oxygen atoms in total. The van der Waals surface area contributed by atoms with Crippen LogP contribution in [-0.4, -0.2) is 33.5 Å². The second kappa shape index (κ2) is 6.52. The molecule has 1 aromatic carbocycles. The highest BCUT2D eigenvalue weighted by Crippen LogP contribution is 2.38. The van der Waals surface area contributed by atoms with Crippen molar-refractivity contribution < 1.29 is 19.4 Å². The molecule has 0 saturated heterocycles. The zero-order valence-electron chi connectivity index (χ0n) is 15.8. The van der Waals surface area contributed by atoms with E-state index in [4.69, 9.17) is 9.47 Å². The number of pyridine rings is 1. The van der Waals surface area contributed by atoms with Crippen molar-refractivity contribution >= 4 is 27.9 Å². The molecule has 2 aromatic heterocycles. The van der Waals surface area contributed by atoms with E-state index >= 15 is 0 Å². The summed E-state index contributed by atoms with van der Waals surface area (Å²) in [5, 5.41) is 11.9. The van der Waals surface area contributed by atoms with Crippen LogP contribution in [0.15, 0.2) is 24.4 Å². The van der Waals surface area contributed by atoms with E-state index in [-0.39, 0.29) is 5.75 Å². The summed E-state index contributed by atoms with van der Waals surface area (Å²) >= 11 is 0. The average Bonchev–Trinajstić information content (AvgIpc) is 2.86. The Morgan fingerprint density at radius 1 is 1.27 bits per heavy atom. The lowest BCUT2D eigenvalue weighted by molar-refractivity contribution is 0.0551. The number of methoxy groups -OCH3 is 1. The van der Waals surface area contributed by atoms with Crippen molar-refractivity contribution in [2.45, 2.75) is 46.1 Å². The fourth-order valence-electron chi connectivity index (χ4n) is 3.14. The quantitative estimate of drug-likeness (QED) is 0.740. The Morgan fingerprint density at radius 3 is 2.62 bits per heavy atom. The molecule has 6 heteroatoms. The van der Waals surface area contributed by atoms with Crippen LogP contribution in [-0.2, 0) is 11.2 Å². The number of rotatable bonds is 3. The lowest BCUT2D eigenvalue weighted by atomic mass is 10.1. The summed E-state index contributed by atoms with van der Waals surface area (Å²) in [5.74, 6) is 0.324. The number of aromatic nitrogens is 2. The summed E-state index contributed by atoms with van der Waals surface area (Å²) in [6.07, 6.45) is 2.93. The smallest absolute Gasteiger partial charge is 0.419 e. The van der Waals surface area contributed by atoms with E-state index < -0.39 is 11.7 Å². The molecule has 0 aliphatic carbocycles. The van der Waals surface area contributed by atoms with Crippen molar-refractivity contribution in [1.29, 1.82) is 0 Å². The Hall–Kier alpha value is -2.76. The first kappa shape index (κ1) is 18.0. The van der Waals surface area contributed by atoms with Gasteiger partial charge in [0.25, 0.3) is 0 Å². The van der Waals surface area contributed by atoms with Crippen molar-refractivity contribution in [2.24, 2.45) is 0 Å². The van der Waals surface area contributed by atoms with Crippen LogP contribution >= 0.6 is 0 Å². The first-order chi connectivity index (χ1) is 12.3. The summed E-state index contributed by atoms with van der Waals surface area (Å²) < 4.78 is 12.3. The molecule has 0 saturated carbocycles. The van der Waals surface area contributed by atoms with Crippen molar-refractivity contribution in [3.05, 3.63) is 30.1 Å². The number of benzene rings is 1. The van der Waals surface area contributed by atoms with Gasteiger partial charge in [0.1, 0.15) is 5.60 Å². The summed E-state index contributed by atoms with van der Waals surface area (Å²) in [5.41, 5.74) is 1.55. The highest BCUT2D eigenvalue weighted by atomic mass is 16.6. The van der Waals surface area contributed by atoms with Gasteiger partial charge in [-0.3, -0.25) is 4.98 Å². The van der Waals surface area contributed by atoms with Crippen LogP contribution in [0.2, 0.25) is 0 Å². The molecule has 0 fully saturated rings. The Morgan fingerprint density at radius 2 is 2.00 bits per heavy atom. The molecule has 0 aliphatic rings. The molecule has 0 aliphatic heterocycles. The van der Waals surface area contributed by atoms with E-state index in [1.54, 1.807) is 18.3 Å². The van der Waals surface area contributed by atoms with E-state index in [0.717, 1.165) is 29.3 Å². The Labute approximate surface area is 152 Å². The minimum absolute atomic E-state index is 0.0300. The van der Waals surface area contributed by atoms with E-state index in [1.807, 2.05) is 20.8 Å². The SMILES string of the molecule is CCCc1nccc2c1c1cc(OC)c(O)cc1n2C(=O)OC(C)(C)C. The van der Waals surface area contributed by atoms with Crippen LogP contribution in [0.1, 0.15) is 39.8 Å². The van der Waals surface area contributed by atoms with Crippen LogP contribution in [0.4, 0.5) is 4.79 Å². The standard InChI is InChI=1S/C20H24N2O4/c1-6-7-13-18-12-10-17(25-5)16(23)11-15(12)22(14(18)8-9-21-13)19(24)26-20(2,3)4/h8-11,23H,6-7H2,1-5H3. The van der Waals surface area contributed by atoms with Gasteiger partial charge in [-0.2, -0.15) is 0 Å². The van der Waals surface area contributed by atoms with Crippen LogP contribution in [0.25, 0.3) is 21.8 Å². The van der Waals surface area contributed by atoms with Gasteiger partial charge in [-0.15, -0.1) is 0 Å². The second-order valence-electron chi connectivity index (χ2n) is 7.26. The topological polar surface area (TPSA) is 73.6 Å². The highest BCUT2D eigenvalue weighted by molar-refractivity contribution is 6.14. The zero-order valence-corrected chi connectivity index (χ0v) is 15.8. The first-order valence-corrected chi connectivity index (χ1v) is 8.69. The van der Waals surface area contributed by atoms with Gasteiger partial charge in [0.15, 0.2) is 11.5 Å². The summed E-state index contributed by atoms with van der Waals surface area (Å²) in [4.78, 5) is 17.4. The molecular weight excluding hydrogens is 332 g/mol. The number of aryl methyl sites for hydroxylation is 1. The van der Waals surface area contributed by atoms with Crippen LogP contribution in [0, 0.1) is 0 Å². The number of hydrogen-bond donors (Lipinski definition) is 1. The number of hydrogen-bond acceptors (Lipinski definition) is 5. The average molecular weight is 356 g/mol. The summed E-state index contributed by atoms with van der Waals surface area (Å²) in [7, 11) is 1.50. The minimum Gasteiger partial charge on any atom is -0.504 e. The lowest BCUT2D eigenvalue weighted by Crippen LogP contribution is -2.27. The third kappa shape index (κ3) is 3.07. The monoisotopic (exact) mass is 356 g/mol. The number of carbonyl (C=O) groups excluding carboxylic acids is 1. The molecule has 2 heterocycles. The predicted octanol–water partition coefficient (Wildman–Crippen LogP) is 4.64. The van der Waals surface area contributed by atoms with Crippen molar-refractivity contribution in [2.75, 3.05) is 7.11 Å². The third-order valence-corrected chi connectivity index (χ3v) is 4.12. The van der Waals surface area contributed by atoms with Crippen LogP contribution in [0.5, 0.6) is 11.5 Å². The zero-order chi connectivity index (χ0) is 19.1. The van der Waals surface area contributed by atoms with Gasteiger partial charge in [-0.1, -0.05) is 13.3 Å². The molecule has 0 bridgehead atoms. The Kier molecular flexibility index (Phi) is 4.52. The van der Waals surface area contributed by atoms with Gasteiger partial charge >= 0.3 is 6.09 Å². The van der Waals surface area contributed by atoms with E-state index in [2.05, 4.69) is 11.9 Å². The first-order valence-electron chi connectivity index (χ1n) is 8.69. The highest BCUT2D eigenvalue weighted by Gasteiger charge is 2.24. The molecule has 1 N–H and O–H groups in total. The van der Waals surface area contributed by atoms with Crippen molar-refractivity contribution in [3.8, 4) is 11.5 Å². The van der Waals surface area contributed by atoms with Crippen LogP contribution < -0.4 is 4.74 Å². The maximum Gasteiger partial charge on any atom is 0.419 e. The van der Waals surface area contributed by atoms with Gasteiger partial charge in [0, 0.05) is 23.0 Å². The third-order valence-electron chi connectivity index (χ3n) is 4.12. The molecule has 0 radical (unpaired) electrons. The maximum absolute atomic E-state index is 12.9. The van der Waals surface area contributed by atoms with Gasteiger partial charge in [0.05, 0.1) is 23.8 Å². The molecular formula is C20H24N2O4. The number of phenolic OH excluding ortho intramolecular Hbond substituents is 1. The largest absolute Gasteiger partial charge is 0.504 e. The van der Waals surface area contributed by atoms with E-state index in [0.29, 0.717) is 16.8 Å².